The Morgan fingerprint density at radius 1 is 1.50 bits per heavy atom. The van der Waals surface area contributed by atoms with Crippen molar-refractivity contribution in [3.8, 4) is 0 Å². The molecule has 0 aromatic heterocycles. The molecule has 0 radical (unpaired) electrons. The minimum absolute atomic E-state index is 0.0238. The number of nitrogens with zero attached hydrogens (tertiary/aromatic N) is 1. The molecule has 80 valence electrons. The highest BCUT2D eigenvalue weighted by atomic mass is 16.4. The number of likely N-dealkylation sites (tertiary alicyclic amines) is 1. The molecular formula is C10H17NO3. The topological polar surface area (TPSA) is 57.6 Å². The second-order valence-electron chi connectivity index (χ2n) is 3.89. The van der Waals surface area contributed by atoms with Gasteiger partial charge in [-0.1, -0.05) is 13.8 Å². The van der Waals surface area contributed by atoms with E-state index in [1.165, 1.54) is 4.90 Å². The maximum atomic E-state index is 11.6. The molecule has 2 atom stereocenters. The van der Waals surface area contributed by atoms with Gasteiger partial charge in [-0.25, -0.2) is 4.79 Å². The van der Waals surface area contributed by atoms with Crippen molar-refractivity contribution in [3.05, 3.63) is 0 Å². The molecular weight excluding hydrogens is 182 g/mol. The Hall–Kier alpha value is -1.06. The minimum atomic E-state index is -0.876. The van der Waals surface area contributed by atoms with Crippen LogP contribution in [0.1, 0.15) is 33.1 Å². The lowest BCUT2D eigenvalue weighted by atomic mass is 10.0. The zero-order valence-electron chi connectivity index (χ0n) is 8.69. The van der Waals surface area contributed by atoms with Gasteiger partial charge in [0.2, 0.25) is 5.91 Å². The van der Waals surface area contributed by atoms with Crippen LogP contribution >= 0.6 is 0 Å². The molecule has 14 heavy (non-hydrogen) atoms. The molecule has 4 heteroatoms. The molecule has 2 unspecified atom stereocenters. The largest absolute Gasteiger partial charge is 0.480 e. The van der Waals surface area contributed by atoms with E-state index >= 15 is 0 Å². The summed E-state index contributed by atoms with van der Waals surface area (Å²) < 4.78 is 0. The zero-order chi connectivity index (χ0) is 10.7. The Kier molecular flexibility index (Phi) is 3.49. The molecule has 1 aliphatic rings. The van der Waals surface area contributed by atoms with Crippen LogP contribution in [0.3, 0.4) is 0 Å². The third kappa shape index (κ3) is 2.05. The van der Waals surface area contributed by atoms with Gasteiger partial charge in [0.15, 0.2) is 0 Å². The van der Waals surface area contributed by atoms with E-state index in [0.29, 0.717) is 13.0 Å². The molecule has 1 saturated heterocycles. The van der Waals surface area contributed by atoms with Crippen molar-refractivity contribution < 1.29 is 14.7 Å². The molecule has 1 fully saturated rings. The van der Waals surface area contributed by atoms with Crippen LogP contribution in [-0.4, -0.2) is 34.5 Å². The van der Waals surface area contributed by atoms with E-state index in [1.54, 1.807) is 0 Å². The molecule has 0 aliphatic carbocycles. The van der Waals surface area contributed by atoms with Gasteiger partial charge in [-0.2, -0.15) is 0 Å². The zero-order valence-corrected chi connectivity index (χ0v) is 8.69. The molecule has 0 bridgehead atoms. The van der Waals surface area contributed by atoms with E-state index in [0.717, 1.165) is 12.8 Å². The normalized spacial score (nSPS) is 26.6. The molecule has 1 N–H and O–H groups in total. The number of hydrogen-bond donors (Lipinski definition) is 1. The van der Waals surface area contributed by atoms with Crippen molar-refractivity contribution in [2.24, 2.45) is 5.92 Å². The van der Waals surface area contributed by atoms with Gasteiger partial charge in [0.05, 0.1) is 0 Å². The minimum Gasteiger partial charge on any atom is -0.480 e. The molecule has 4 nitrogen and oxygen atoms in total. The first-order valence-corrected chi connectivity index (χ1v) is 5.10. The predicted molar refractivity (Wildman–Crippen MR) is 51.8 cm³/mol. The smallest absolute Gasteiger partial charge is 0.326 e. The molecule has 0 saturated carbocycles. The summed E-state index contributed by atoms with van der Waals surface area (Å²) in [5, 5.41) is 8.98. The van der Waals surface area contributed by atoms with Crippen LogP contribution in [0.15, 0.2) is 0 Å². The van der Waals surface area contributed by atoms with Gasteiger partial charge >= 0.3 is 5.97 Å². The summed E-state index contributed by atoms with van der Waals surface area (Å²) >= 11 is 0. The SMILES string of the molecule is CCCC(=O)N1CCC(C)C1C(=O)O. The van der Waals surface area contributed by atoms with Crippen LogP contribution < -0.4 is 0 Å². The third-order valence-corrected chi connectivity index (χ3v) is 2.74. The van der Waals surface area contributed by atoms with Crippen LogP contribution in [-0.2, 0) is 9.59 Å². The number of amides is 1. The molecule has 1 amide bonds. The molecule has 1 heterocycles. The first-order chi connectivity index (χ1) is 6.57. The quantitative estimate of drug-likeness (QED) is 0.740. The molecule has 0 aromatic rings. The van der Waals surface area contributed by atoms with E-state index in [4.69, 9.17) is 5.11 Å². The first kappa shape index (κ1) is 11.0. The predicted octanol–water partition coefficient (Wildman–Crippen LogP) is 1.11. The highest BCUT2D eigenvalue weighted by molar-refractivity contribution is 5.84. The summed E-state index contributed by atoms with van der Waals surface area (Å²) in [6.07, 6.45) is 2.03. The van der Waals surface area contributed by atoms with Crippen molar-refractivity contribution >= 4 is 11.9 Å². The van der Waals surface area contributed by atoms with Crippen molar-refractivity contribution in [1.82, 2.24) is 4.90 Å². The number of carbonyl (C=O) groups excluding carboxylic acids is 1. The van der Waals surface area contributed by atoms with Crippen molar-refractivity contribution in [2.75, 3.05) is 6.54 Å². The van der Waals surface area contributed by atoms with Gasteiger partial charge in [-0.15, -0.1) is 0 Å². The number of carboxylic acid groups (broad SMARTS) is 1. The number of hydrogen-bond acceptors (Lipinski definition) is 2. The maximum Gasteiger partial charge on any atom is 0.326 e. The van der Waals surface area contributed by atoms with E-state index in [1.807, 2.05) is 13.8 Å². The molecule has 0 aromatic carbocycles. The lowest BCUT2D eigenvalue weighted by Gasteiger charge is -2.23. The van der Waals surface area contributed by atoms with Crippen LogP contribution in [0.4, 0.5) is 0 Å². The number of carbonyl (C=O) groups is 2. The summed E-state index contributed by atoms with van der Waals surface area (Å²) in [5.74, 6) is -0.822. The summed E-state index contributed by atoms with van der Waals surface area (Å²) in [5.41, 5.74) is 0. The fourth-order valence-electron chi connectivity index (χ4n) is 1.96. The Labute approximate surface area is 83.9 Å². The van der Waals surface area contributed by atoms with Crippen molar-refractivity contribution in [3.63, 3.8) is 0 Å². The standard InChI is InChI=1S/C10H17NO3/c1-3-4-8(12)11-6-5-7(2)9(11)10(13)14/h7,9H,3-6H2,1-2H3,(H,13,14). The van der Waals surface area contributed by atoms with Gasteiger partial charge in [0.1, 0.15) is 6.04 Å². The second kappa shape index (κ2) is 4.44. The van der Waals surface area contributed by atoms with E-state index in [2.05, 4.69) is 0 Å². The summed E-state index contributed by atoms with van der Waals surface area (Å²) in [6, 6.07) is -0.603. The van der Waals surface area contributed by atoms with Crippen LogP contribution in [0.5, 0.6) is 0 Å². The monoisotopic (exact) mass is 199 g/mol. The van der Waals surface area contributed by atoms with Crippen LogP contribution in [0, 0.1) is 5.92 Å². The summed E-state index contributed by atoms with van der Waals surface area (Å²) in [6.45, 7) is 4.40. The van der Waals surface area contributed by atoms with Crippen molar-refractivity contribution in [1.29, 1.82) is 0 Å². The Balaban J connectivity index is 2.69. The Morgan fingerprint density at radius 3 is 2.64 bits per heavy atom. The number of rotatable bonds is 3. The Bertz CT molecular complexity index is 240. The lowest BCUT2D eigenvalue weighted by molar-refractivity contribution is -0.149. The van der Waals surface area contributed by atoms with Gasteiger partial charge in [-0.3, -0.25) is 4.79 Å². The molecule has 1 aliphatic heterocycles. The fourth-order valence-corrected chi connectivity index (χ4v) is 1.96. The molecule has 0 spiro atoms. The average molecular weight is 199 g/mol. The van der Waals surface area contributed by atoms with Gasteiger partial charge in [-0.05, 0) is 18.8 Å². The van der Waals surface area contributed by atoms with Gasteiger partial charge in [0, 0.05) is 13.0 Å². The van der Waals surface area contributed by atoms with E-state index in [-0.39, 0.29) is 11.8 Å². The van der Waals surface area contributed by atoms with Crippen LogP contribution in [0.2, 0.25) is 0 Å². The van der Waals surface area contributed by atoms with E-state index < -0.39 is 12.0 Å². The maximum absolute atomic E-state index is 11.6. The Morgan fingerprint density at radius 2 is 2.14 bits per heavy atom. The molecule has 1 rings (SSSR count). The van der Waals surface area contributed by atoms with Gasteiger partial charge < -0.3 is 10.0 Å². The number of carboxylic acids is 1. The third-order valence-electron chi connectivity index (χ3n) is 2.74. The lowest BCUT2D eigenvalue weighted by Crippen LogP contribution is -2.42. The summed E-state index contributed by atoms with van der Waals surface area (Å²) in [7, 11) is 0. The summed E-state index contributed by atoms with van der Waals surface area (Å²) in [4.78, 5) is 24.0. The van der Waals surface area contributed by atoms with Gasteiger partial charge in [0.25, 0.3) is 0 Å². The first-order valence-electron chi connectivity index (χ1n) is 5.10. The number of aliphatic carboxylic acids is 1. The average Bonchev–Trinajstić information content (AvgIpc) is 2.47. The highest BCUT2D eigenvalue weighted by Crippen LogP contribution is 2.24. The van der Waals surface area contributed by atoms with E-state index in [9.17, 15) is 9.59 Å². The second-order valence-corrected chi connectivity index (χ2v) is 3.89. The van der Waals surface area contributed by atoms with Crippen LogP contribution in [0.25, 0.3) is 0 Å². The highest BCUT2D eigenvalue weighted by Gasteiger charge is 2.38. The fraction of sp³-hybridized carbons (Fsp3) is 0.800. The van der Waals surface area contributed by atoms with Crippen molar-refractivity contribution in [2.45, 2.75) is 39.2 Å².